The van der Waals surface area contributed by atoms with Gasteiger partial charge in [0.2, 0.25) is 0 Å². The van der Waals surface area contributed by atoms with E-state index in [4.69, 9.17) is 0 Å². The number of alkyl halides is 1. The zero-order valence-electron chi connectivity index (χ0n) is 8.94. The summed E-state index contributed by atoms with van der Waals surface area (Å²) >= 11 is 2.46. The van der Waals surface area contributed by atoms with E-state index in [0.29, 0.717) is 5.92 Å². The van der Waals surface area contributed by atoms with Crippen LogP contribution in [-0.2, 0) is 0 Å². The van der Waals surface area contributed by atoms with Crippen LogP contribution in [0.25, 0.3) is 12.2 Å². The Morgan fingerprint density at radius 1 is 1.40 bits per heavy atom. The van der Waals surface area contributed by atoms with Crippen LogP contribution in [0.5, 0.6) is 0 Å². The molecule has 0 aromatic carbocycles. The van der Waals surface area contributed by atoms with Crippen LogP contribution in [-0.4, -0.2) is 8.41 Å². The second kappa shape index (κ2) is 4.08. The summed E-state index contributed by atoms with van der Waals surface area (Å²) in [6, 6.07) is 2.08. The molecule has 78 valence electrons. The van der Waals surface area contributed by atoms with Gasteiger partial charge in [-0.1, -0.05) is 53.8 Å². The first-order valence-electron chi connectivity index (χ1n) is 5.10. The van der Waals surface area contributed by atoms with Crippen LogP contribution < -0.4 is 10.4 Å². The van der Waals surface area contributed by atoms with E-state index in [2.05, 4.69) is 71.8 Å². The maximum absolute atomic E-state index is 4.18. The topological polar surface area (TPSA) is 12.9 Å². The van der Waals surface area contributed by atoms with Crippen LogP contribution in [0.3, 0.4) is 0 Å². The fourth-order valence-electron chi connectivity index (χ4n) is 1.72. The fraction of sp³-hybridized carbons (Fsp3) is 0.308. The quantitative estimate of drug-likeness (QED) is 0.406. The van der Waals surface area contributed by atoms with Crippen LogP contribution in [0.1, 0.15) is 13.8 Å². The number of hydrogen-bond donors (Lipinski definition) is 0. The van der Waals surface area contributed by atoms with Crippen molar-refractivity contribution >= 4 is 34.7 Å². The lowest BCUT2D eigenvalue weighted by Gasteiger charge is -2.15. The molecule has 1 nitrogen and oxygen atoms in total. The van der Waals surface area contributed by atoms with E-state index < -0.39 is 0 Å². The molecule has 1 aromatic rings. The summed E-state index contributed by atoms with van der Waals surface area (Å²) in [6.07, 6.45) is 12.8. The molecule has 1 heterocycles. The minimum Gasteiger partial charge on any atom is -0.264 e. The minimum absolute atomic E-state index is 0.0814. The lowest BCUT2D eigenvalue weighted by atomic mass is 10.0. The first kappa shape index (κ1) is 10.9. The van der Waals surface area contributed by atoms with Crippen LogP contribution in [0, 0.1) is 5.92 Å². The molecule has 0 N–H and O–H groups in total. The molecule has 0 saturated heterocycles. The highest BCUT2D eigenvalue weighted by molar-refractivity contribution is 14.1. The standard InChI is InChI=1S/C13H14IN/c1-10-3-5-13(2,14)8-12-9-15-6-4-11(12)7-10/h3-10H,1-2H3/b5-3-,11-7-,12-8-. The smallest absolute Gasteiger partial charge is 0.0562 e. The summed E-state index contributed by atoms with van der Waals surface area (Å²) in [6.45, 7) is 4.41. The Labute approximate surface area is 104 Å². The Morgan fingerprint density at radius 2 is 2.20 bits per heavy atom. The number of allylic oxidation sites excluding steroid dienone is 2. The number of nitrogens with zero attached hydrogens (tertiary/aromatic N) is 1. The van der Waals surface area contributed by atoms with Gasteiger partial charge in [-0.05, 0) is 29.3 Å². The van der Waals surface area contributed by atoms with Crippen molar-refractivity contribution in [3.8, 4) is 0 Å². The Bertz CT molecular complexity index is 500. The maximum atomic E-state index is 4.18. The molecule has 1 aliphatic carbocycles. The number of halogens is 1. The van der Waals surface area contributed by atoms with Crippen molar-refractivity contribution in [3.63, 3.8) is 0 Å². The predicted octanol–water partition coefficient (Wildman–Crippen LogP) is 2.04. The van der Waals surface area contributed by atoms with E-state index in [9.17, 15) is 0 Å². The van der Waals surface area contributed by atoms with Gasteiger partial charge < -0.3 is 0 Å². The number of aromatic nitrogens is 1. The monoisotopic (exact) mass is 311 g/mol. The van der Waals surface area contributed by atoms with E-state index >= 15 is 0 Å². The summed E-state index contributed by atoms with van der Waals surface area (Å²) in [5.41, 5.74) is 0. The Hall–Kier alpha value is -0.640. The summed E-state index contributed by atoms with van der Waals surface area (Å²) in [5.74, 6) is 0.481. The zero-order valence-corrected chi connectivity index (χ0v) is 11.1. The minimum atomic E-state index is 0.0814. The summed E-state index contributed by atoms with van der Waals surface area (Å²) in [5, 5.41) is 2.51. The molecule has 0 bridgehead atoms. The third kappa shape index (κ3) is 2.68. The van der Waals surface area contributed by atoms with Crippen molar-refractivity contribution < 1.29 is 0 Å². The number of hydrogen-bond acceptors (Lipinski definition) is 1. The van der Waals surface area contributed by atoms with Crippen molar-refractivity contribution in [2.75, 3.05) is 0 Å². The highest BCUT2D eigenvalue weighted by Gasteiger charge is 2.13. The van der Waals surface area contributed by atoms with E-state index in [0.717, 1.165) is 0 Å². The van der Waals surface area contributed by atoms with E-state index in [1.54, 1.807) is 0 Å². The van der Waals surface area contributed by atoms with Gasteiger partial charge in [0.05, 0.1) is 3.42 Å². The number of pyridine rings is 1. The van der Waals surface area contributed by atoms with Gasteiger partial charge in [-0.3, -0.25) is 4.98 Å². The van der Waals surface area contributed by atoms with Gasteiger partial charge in [-0.25, -0.2) is 0 Å². The molecular weight excluding hydrogens is 297 g/mol. The summed E-state index contributed by atoms with van der Waals surface area (Å²) in [4.78, 5) is 4.18. The van der Waals surface area contributed by atoms with Crippen LogP contribution in [0.2, 0.25) is 0 Å². The van der Waals surface area contributed by atoms with E-state index in [-0.39, 0.29) is 3.42 Å². The molecule has 0 saturated carbocycles. The molecule has 2 heteroatoms. The van der Waals surface area contributed by atoms with Gasteiger partial charge in [0.1, 0.15) is 0 Å². The summed E-state index contributed by atoms with van der Waals surface area (Å²) in [7, 11) is 0. The maximum Gasteiger partial charge on any atom is 0.0562 e. The van der Waals surface area contributed by atoms with E-state index in [1.807, 2.05) is 12.4 Å². The second-order valence-corrected chi connectivity index (χ2v) is 6.51. The third-order valence-electron chi connectivity index (χ3n) is 2.49. The second-order valence-electron chi connectivity index (χ2n) is 4.19. The largest absolute Gasteiger partial charge is 0.264 e. The first-order valence-corrected chi connectivity index (χ1v) is 6.18. The van der Waals surface area contributed by atoms with Gasteiger partial charge in [0.25, 0.3) is 0 Å². The first-order chi connectivity index (χ1) is 7.07. The Morgan fingerprint density at radius 3 is 3.00 bits per heavy atom. The average Bonchev–Trinajstić information content (AvgIpc) is 2.16. The molecule has 0 aliphatic heterocycles. The highest BCUT2D eigenvalue weighted by Crippen LogP contribution is 2.23. The van der Waals surface area contributed by atoms with Crippen LogP contribution >= 0.6 is 22.6 Å². The SMILES string of the molecule is CC1/C=C\C(C)(I)/C=c2/cncc/c2=C/1. The molecule has 15 heavy (non-hydrogen) atoms. The molecular formula is C13H14IN. The number of rotatable bonds is 0. The van der Waals surface area contributed by atoms with Crippen molar-refractivity contribution in [3.05, 3.63) is 41.0 Å². The molecule has 2 atom stereocenters. The molecule has 0 spiro atoms. The van der Waals surface area contributed by atoms with E-state index in [1.165, 1.54) is 10.4 Å². The molecule has 0 fully saturated rings. The average molecular weight is 311 g/mol. The van der Waals surface area contributed by atoms with Gasteiger partial charge in [-0.2, -0.15) is 0 Å². The Kier molecular flexibility index (Phi) is 2.96. The number of fused-ring (bicyclic) bond motifs is 1. The Balaban J connectivity index is 2.75. The van der Waals surface area contributed by atoms with Crippen LogP contribution in [0.4, 0.5) is 0 Å². The molecule has 1 aromatic heterocycles. The molecule has 2 rings (SSSR count). The van der Waals surface area contributed by atoms with Crippen molar-refractivity contribution in [1.82, 2.24) is 4.98 Å². The van der Waals surface area contributed by atoms with Crippen LogP contribution in [0.15, 0.2) is 30.6 Å². The van der Waals surface area contributed by atoms with Gasteiger partial charge >= 0.3 is 0 Å². The zero-order chi connectivity index (χ0) is 10.9. The normalized spacial score (nSPS) is 36.1. The van der Waals surface area contributed by atoms with Crippen molar-refractivity contribution in [2.45, 2.75) is 17.3 Å². The van der Waals surface area contributed by atoms with Gasteiger partial charge in [-0.15, -0.1) is 0 Å². The lowest BCUT2D eigenvalue weighted by molar-refractivity contribution is 0.961. The fourth-order valence-corrected chi connectivity index (χ4v) is 2.26. The van der Waals surface area contributed by atoms with Crippen molar-refractivity contribution in [1.29, 1.82) is 0 Å². The predicted molar refractivity (Wildman–Crippen MR) is 73.1 cm³/mol. The molecule has 1 aliphatic rings. The molecule has 2 unspecified atom stereocenters. The van der Waals surface area contributed by atoms with Gasteiger partial charge in [0.15, 0.2) is 0 Å². The summed E-state index contributed by atoms with van der Waals surface area (Å²) < 4.78 is 0.0814. The lowest BCUT2D eigenvalue weighted by Crippen LogP contribution is -2.30. The third-order valence-corrected chi connectivity index (χ3v) is 3.16. The highest BCUT2D eigenvalue weighted by atomic mass is 127. The van der Waals surface area contributed by atoms with Gasteiger partial charge in [0, 0.05) is 12.4 Å². The van der Waals surface area contributed by atoms with Crippen molar-refractivity contribution in [2.24, 2.45) is 5.92 Å². The molecule has 0 radical (unpaired) electrons. The molecule has 0 amide bonds.